The molecule has 3 heteroatoms. The fraction of sp³-hybridized carbons (Fsp3) is 1.00. The van der Waals surface area contributed by atoms with E-state index >= 15 is 0 Å². The fourth-order valence-corrected chi connectivity index (χ4v) is 2.16. The number of hydrogen-bond donors (Lipinski definition) is 2. The van der Waals surface area contributed by atoms with E-state index in [4.69, 9.17) is 10.8 Å². The number of rotatable bonds is 5. The molecular weight excluding hydrogens is 176 g/mol. The van der Waals surface area contributed by atoms with E-state index in [9.17, 15) is 0 Å². The third kappa shape index (κ3) is 3.56. The predicted molar refractivity (Wildman–Crippen MR) is 59.1 cm³/mol. The Hall–Kier alpha value is -0.120. The van der Waals surface area contributed by atoms with Crippen molar-refractivity contribution in [3.8, 4) is 0 Å². The first kappa shape index (κ1) is 12.0. The average Bonchev–Trinajstić information content (AvgIpc) is 2.53. The van der Waals surface area contributed by atoms with Gasteiger partial charge < -0.3 is 15.7 Å². The lowest BCUT2D eigenvalue weighted by Gasteiger charge is -2.21. The zero-order valence-electron chi connectivity index (χ0n) is 9.45. The first-order valence-corrected chi connectivity index (χ1v) is 5.72. The molecule has 2 atom stereocenters. The van der Waals surface area contributed by atoms with Crippen molar-refractivity contribution in [2.24, 2.45) is 17.6 Å². The van der Waals surface area contributed by atoms with E-state index in [1.54, 1.807) is 0 Å². The first-order chi connectivity index (χ1) is 6.63. The van der Waals surface area contributed by atoms with Crippen LogP contribution in [0, 0.1) is 11.8 Å². The van der Waals surface area contributed by atoms with Crippen molar-refractivity contribution in [3.63, 3.8) is 0 Å². The van der Waals surface area contributed by atoms with Crippen molar-refractivity contribution in [2.75, 3.05) is 26.2 Å². The number of aliphatic hydroxyl groups excluding tert-OH is 1. The number of nitrogens with two attached hydrogens (primary N) is 1. The lowest BCUT2D eigenvalue weighted by Crippen LogP contribution is -2.37. The van der Waals surface area contributed by atoms with E-state index in [1.165, 1.54) is 19.5 Å². The fourth-order valence-electron chi connectivity index (χ4n) is 2.16. The molecule has 1 fully saturated rings. The van der Waals surface area contributed by atoms with Gasteiger partial charge in [-0.25, -0.2) is 0 Å². The summed E-state index contributed by atoms with van der Waals surface area (Å²) in [5, 5.41) is 8.75. The van der Waals surface area contributed by atoms with Crippen molar-refractivity contribution in [1.29, 1.82) is 0 Å². The largest absolute Gasteiger partial charge is 0.396 e. The number of aliphatic hydroxyl groups is 1. The molecule has 0 aromatic rings. The highest BCUT2D eigenvalue weighted by Gasteiger charge is 2.25. The molecular formula is C11H24N2O. The molecule has 1 aliphatic heterocycles. The molecule has 0 aromatic heterocycles. The van der Waals surface area contributed by atoms with Crippen LogP contribution in [-0.2, 0) is 0 Å². The molecule has 2 unspecified atom stereocenters. The Morgan fingerprint density at radius 2 is 2.21 bits per heavy atom. The molecule has 0 spiro atoms. The summed E-state index contributed by atoms with van der Waals surface area (Å²) >= 11 is 0. The Bertz CT molecular complexity index is 161. The maximum atomic E-state index is 8.75. The van der Waals surface area contributed by atoms with E-state index < -0.39 is 0 Å². The van der Waals surface area contributed by atoms with Gasteiger partial charge in [-0.05, 0) is 31.2 Å². The van der Waals surface area contributed by atoms with Gasteiger partial charge >= 0.3 is 0 Å². The second kappa shape index (κ2) is 5.69. The van der Waals surface area contributed by atoms with Gasteiger partial charge in [0.1, 0.15) is 0 Å². The third-order valence-corrected chi connectivity index (χ3v) is 3.24. The second-order valence-corrected chi connectivity index (χ2v) is 4.82. The Kier molecular flexibility index (Phi) is 4.85. The van der Waals surface area contributed by atoms with E-state index in [2.05, 4.69) is 18.7 Å². The molecule has 0 saturated carbocycles. The van der Waals surface area contributed by atoms with Crippen molar-refractivity contribution < 1.29 is 5.11 Å². The predicted octanol–water partition coefficient (Wildman–Crippen LogP) is 0.674. The highest BCUT2D eigenvalue weighted by atomic mass is 16.3. The molecule has 0 aliphatic carbocycles. The summed E-state index contributed by atoms with van der Waals surface area (Å²) in [6, 6.07) is 0.144. The van der Waals surface area contributed by atoms with Crippen LogP contribution in [0.3, 0.4) is 0 Å². The van der Waals surface area contributed by atoms with Crippen LogP contribution in [0.4, 0.5) is 0 Å². The number of nitrogens with zero attached hydrogens (tertiary/aromatic N) is 1. The summed E-state index contributed by atoms with van der Waals surface area (Å²) < 4.78 is 0. The average molecular weight is 200 g/mol. The Labute approximate surface area is 87.3 Å². The second-order valence-electron chi connectivity index (χ2n) is 4.82. The molecule has 3 N–H and O–H groups in total. The Balaban J connectivity index is 2.21. The number of likely N-dealkylation sites (tertiary alicyclic amines) is 1. The highest BCUT2D eigenvalue weighted by molar-refractivity contribution is 4.80. The zero-order chi connectivity index (χ0) is 10.6. The monoisotopic (exact) mass is 200 g/mol. The molecule has 0 bridgehead atoms. The maximum absolute atomic E-state index is 8.75. The summed E-state index contributed by atoms with van der Waals surface area (Å²) in [6.45, 7) is 8.12. The van der Waals surface area contributed by atoms with Gasteiger partial charge in [0.15, 0.2) is 0 Å². The Morgan fingerprint density at radius 3 is 2.71 bits per heavy atom. The normalized spacial score (nSPS) is 25.9. The number of hydrogen-bond acceptors (Lipinski definition) is 3. The van der Waals surface area contributed by atoms with Crippen LogP contribution in [-0.4, -0.2) is 42.3 Å². The molecule has 1 saturated heterocycles. The molecule has 1 rings (SSSR count). The highest BCUT2D eigenvalue weighted by Crippen LogP contribution is 2.23. The standard InChI is InChI=1S/C11H24N2O/c1-9(2)10-3-5-13(7-10)8-11(12)4-6-14/h9-11,14H,3-8,12H2,1-2H3. The smallest absolute Gasteiger partial charge is 0.0446 e. The van der Waals surface area contributed by atoms with Gasteiger partial charge in [-0.15, -0.1) is 0 Å². The summed E-state index contributed by atoms with van der Waals surface area (Å²) in [6.07, 6.45) is 2.03. The zero-order valence-corrected chi connectivity index (χ0v) is 9.45. The van der Waals surface area contributed by atoms with Crippen LogP contribution in [0.5, 0.6) is 0 Å². The van der Waals surface area contributed by atoms with E-state index in [-0.39, 0.29) is 12.6 Å². The molecule has 84 valence electrons. The summed E-state index contributed by atoms with van der Waals surface area (Å²) in [5.41, 5.74) is 5.88. The van der Waals surface area contributed by atoms with E-state index in [0.717, 1.165) is 24.8 Å². The van der Waals surface area contributed by atoms with Gasteiger partial charge in [-0.1, -0.05) is 13.8 Å². The summed E-state index contributed by atoms with van der Waals surface area (Å²) in [5.74, 6) is 1.63. The van der Waals surface area contributed by atoms with Gasteiger partial charge in [0, 0.05) is 25.7 Å². The van der Waals surface area contributed by atoms with Crippen LogP contribution in [0.2, 0.25) is 0 Å². The van der Waals surface area contributed by atoms with Gasteiger partial charge in [0.05, 0.1) is 0 Å². The molecule has 1 aliphatic rings. The van der Waals surface area contributed by atoms with Crippen molar-refractivity contribution in [1.82, 2.24) is 4.90 Å². The van der Waals surface area contributed by atoms with Gasteiger partial charge in [-0.3, -0.25) is 0 Å². The summed E-state index contributed by atoms with van der Waals surface area (Å²) in [4.78, 5) is 2.44. The van der Waals surface area contributed by atoms with Crippen LogP contribution in [0.15, 0.2) is 0 Å². The molecule has 14 heavy (non-hydrogen) atoms. The maximum Gasteiger partial charge on any atom is 0.0446 e. The molecule has 3 nitrogen and oxygen atoms in total. The lowest BCUT2D eigenvalue weighted by atomic mass is 9.95. The lowest BCUT2D eigenvalue weighted by molar-refractivity contribution is 0.240. The van der Waals surface area contributed by atoms with E-state index in [1.807, 2.05) is 0 Å². The molecule has 1 heterocycles. The van der Waals surface area contributed by atoms with Crippen LogP contribution >= 0.6 is 0 Å². The molecule has 0 radical (unpaired) electrons. The van der Waals surface area contributed by atoms with Gasteiger partial charge in [-0.2, -0.15) is 0 Å². The third-order valence-electron chi connectivity index (χ3n) is 3.24. The van der Waals surface area contributed by atoms with Crippen molar-refractivity contribution in [3.05, 3.63) is 0 Å². The SMILES string of the molecule is CC(C)C1CCN(CC(N)CCO)C1. The Morgan fingerprint density at radius 1 is 1.50 bits per heavy atom. The van der Waals surface area contributed by atoms with Crippen LogP contribution in [0.25, 0.3) is 0 Å². The summed E-state index contributed by atoms with van der Waals surface area (Å²) in [7, 11) is 0. The van der Waals surface area contributed by atoms with Crippen LogP contribution in [0.1, 0.15) is 26.7 Å². The molecule has 0 aromatic carbocycles. The van der Waals surface area contributed by atoms with Gasteiger partial charge in [0.25, 0.3) is 0 Å². The van der Waals surface area contributed by atoms with Crippen molar-refractivity contribution in [2.45, 2.75) is 32.7 Å². The first-order valence-electron chi connectivity index (χ1n) is 5.72. The minimum absolute atomic E-state index is 0.144. The minimum atomic E-state index is 0.144. The van der Waals surface area contributed by atoms with Gasteiger partial charge in [0.2, 0.25) is 0 Å². The van der Waals surface area contributed by atoms with Crippen LogP contribution < -0.4 is 5.73 Å². The topological polar surface area (TPSA) is 49.5 Å². The minimum Gasteiger partial charge on any atom is -0.396 e. The van der Waals surface area contributed by atoms with Crippen molar-refractivity contribution >= 4 is 0 Å². The van der Waals surface area contributed by atoms with E-state index in [0.29, 0.717) is 0 Å². The molecule has 0 amide bonds. The quantitative estimate of drug-likeness (QED) is 0.686.